The van der Waals surface area contributed by atoms with Crippen LogP contribution in [-0.4, -0.2) is 49.0 Å². The molecule has 162 valence electrons. The molecule has 30 heavy (non-hydrogen) atoms. The minimum atomic E-state index is -0.592. The molecule has 2 aliphatic heterocycles. The monoisotopic (exact) mass is 422 g/mol. The van der Waals surface area contributed by atoms with Crippen molar-refractivity contribution in [3.8, 4) is 0 Å². The molecule has 10 nitrogen and oxygen atoms in total. The van der Waals surface area contributed by atoms with Crippen LogP contribution in [0.4, 0.5) is 0 Å². The first-order valence-electron chi connectivity index (χ1n) is 10.2. The van der Waals surface area contributed by atoms with Crippen molar-refractivity contribution >= 4 is 35.8 Å². The number of carbonyl (C=O) groups is 6. The zero-order valence-corrected chi connectivity index (χ0v) is 16.2. The van der Waals surface area contributed by atoms with Gasteiger partial charge in [-0.3, -0.25) is 28.8 Å². The topological polar surface area (TPSA) is 139 Å². The second-order valence-corrected chi connectivity index (χ2v) is 8.26. The number of cyclic esters (lactones) is 4. The molecule has 6 atom stereocenters. The van der Waals surface area contributed by atoms with Crippen LogP contribution in [-0.2, 0) is 47.7 Å². The molecule has 0 N–H and O–H groups in total. The Kier molecular flexibility index (Phi) is 5.57. The molecule has 4 fully saturated rings. The van der Waals surface area contributed by atoms with Crippen LogP contribution in [0.1, 0.15) is 38.5 Å². The van der Waals surface area contributed by atoms with Gasteiger partial charge in [-0.15, -0.1) is 0 Å². The van der Waals surface area contributed by atoms with E-state index >= 15 is 0 Å². The highest BCUT2D eigenvalue weighted by molar-refractivity contribution is 5.97. The fourth-order valence-corrected chi connectivity index (χ4v) is 4.88. The molecule has 10 heteroatoms. The Morgan fingerprint density at radius 1 is 0.633 bits per heavy atom. The van der Waals surface area contributed by atoms with E-state index in [2.05, 4.69) is 9.47 Å². The average molecular weight is 422 g/mol. The Hall–Kier alpha value is -2.78. The summed E-state index contributed by atoms with van der Waals surface area (Å²) in [5, 5.41) is 0. The van der Waals surface area contributed by atoms with Gasteiger partial charge in [0.1, 0.15) is 13.2 Å². The zero-order valence-electron chi connectivity index (χ0n) is 16.2. The highest BCUT2D eigenvalue weighted by atomic mass is 16.6. The predicted octanol–water partition coefficient (Wildman–Crippen LogP) is 0.305. The smallest absolute Gasteiger partial charge is 0.317 e. The standard InChI is InChI=1S/C20H22O10/c21-15(9-1-3-11-13(7-9)19(25)29-17(11)23)27-5-6-28-16(22)10-2-4-12-14(8-10)20(26)30-18(12)24/h9-14H,1-8H2. The van der Waals surface area contributed by atoms with E-state index in [-0.39, 0.29) is 26.1 Å². The van der Waals surface area contributed by atoms with Gasteiger partial charge in [0.25, 0.3) is 0 Å². The molecule has 0 radical (unpaired) electrons. The fraction of sp³-hybridized carbons (Fsp3) is 0.700. The second-order valence-electron chi connectivity index (χ2n) is 8.26. The average Bonchev–Trinajstić information content (AvgIpc) is 3.19. The SMILES string of the molecule is O=C(OCCOC(=O)C1CCC2C(=O)OC(=O)C2C1)C1CCC2C(=O)OC(=O)C2C1. The van der Waals surface area contributed by atoms with Crippen LogP contribution in [0.5, 0.6) is 0 Å². The van der Waals surface area contributed by atoms with Gasteiger partial charge in [-0.2, -0.15) is 0 Å². The molecule has 4 aliphatic rings. The van der Waals surface area contributed by atoms with Crippen molar-refractivity contribution in [1.82, 2.24) is 0 Å². The molecule has 0 aromatic carbocycles. The molecular formula is C20H22O10. The van der Waals surface area contributed by atoms with Crippen molar-refractivity contribution in [2.24, 2.45) is 35.5 Å². The summed E-state index contributed by atoms with van der Waals surface area (Å²) in [6.45, 7) is -0.254. The molecule has 0 bridgehead atoms. The Bertz CT molecular complexity index is 735. The Morgan fingerprint density at radius 3 is 1.40 bits per heavy atom. The van der Waals surface area contributed by atoms with Gasteiger partial charge in [0, 0.05) is 0 Å². The predicted molar refractivity (Wildman–Crippen MR) is 92.8 cm³/mol. The fourth-order valence-electron chi connectivity index (χ4n) is 4.88. The van der Waals surface area contributed by atoms with E-state index in [9.17, 15) is 28.8 Å². The van der Waals surface area contributed by atoms with Crippen molar-refractivity contribution in [2.45, 2.75) is 38.5 Å². The lowest BCUT2D eigenvalue weighted by Gasteiger charge is -2.27. The van der Waals surface area contributed by atoms with E-state index in [0.717, 1.165) is 0 Å². The molecule has 2 aliphatic carbocycles. The Morgan fingerprint density at radius 2 is 1.00 bits per heavy atom. The van der Waals surface area contributed by atoms with E-state index < -0.39 is 71.3 Å². The highest BCUT2D eigenvalue weighted by Crippen LogP contribution is 2.41. The quantitative estimate of drug-likeness (QED) is 0.263. The maximum Gasteiger partial charge on any atom is 0.317 e. The third-order valence-electron chi connectivity index (χ3n) is 6.55. The molecule has 0 amide bonds. The van der Waals surface area contributed by atoms with E-state index in [1.54, 1.807) is 0 Å². The Balaban J connectivity index is 1.17. The van der Waals surface area contributed by atoms with Gasteiger partial charge in [-0.05, 0) is 38.5 Å². The first-order valence-corrected chi connectivity index (χ1v) is 10.2. The van der Waals surface area contributed by atoms with Gasteiger partial charge in [-0.1, -0.05) is 0 Å². The lowest BCUT2D eigenvalue weighted by atomic mass is 9.75. The summed E-state index contributed by atoms with van der Waals surface area (Å²) < 4.78 is 19.6. The van der Waals surface area contributed by atoms with Crippen LogP contribution in [0.3, 0.4) is 0 Å². The van der Waals surface area contributed by atoms with Crippen LogP contribution in [0.25, 0.3) is 0 Å². The molecule has 2 saturated heterocycles. The normalized spacial score (nSPS) is 35.2. The highest BCUT2D eigenvalue weighted by Gasteiger charge is 2.50. The minimum absolute atomic E-state index is 0.127. The number of ether oxygens (including phenoxy) is 4. The first kappa shape index (κ1) is 20.5. The van der Waals surface area contributed by atoms with Crippen molar-refractivity contribution in [3.05, 3.63) is 0 Å². The molecule has 6 unspecified atom stereocenters. The van der Waals surface area contributed by atoms with E-state index in [0.29, 0.717) is 25.7 Å². The lowest BCUT2D eigenvalue weighted by Crippen LogP contribution is -2.33. The van der Waals surface area contributed by atoms with Crippen molar-refractivity contribution in [2.75, 3.05) is 13.2 Å². The number of carbonyl (C=O) groups excluding carboxylic acids is 6. The van der Waals surface area contributed by atoms with Crippen LogP contribution in [0.15, 0.2) is 0 Å². The van der Waals surface area contributed by atoms with Crippen molar-refractivity contribution in [1.29, 1.82) is 0 Å². The summed E-state index contributed by atoms with van der Waals surface area (Å²) in [7, 11) is 0. The maximum atomic E-state index is 12.2. The minimum Gasteiger partial charge on any atom is -0.462 e. The van der Waals surface area contributed by atoms with Gasteiger partial charge < -0.3 is 18.9 Å². The number of rotatable bonds is 5. The van der Waals surface area contributed by atoms with Crippen LogP contribution in [0.2, 0.25) is 0 Å². The van der Waals surface area contributed by atoms with Gasteiger partial charge in [0.15, 0.2) is 0 Å². The number of fused-ring (bicyclic) bond motifs is 2. The Labute approximate surface area is 171 Å². The molecule has 2 heterocycles. The summed E-state index contributed by atoms with van der Waals surface area (Å²) in [6.07, 6.45) is 2.10. The zero-order chi connectivity index (χ0) is 21.4. The number of hydrogen-bond donors (Lipinski definition) is 0. The van der Waals surface area contributed by atoms with Gasteiger partial charge in [-0.25, -0.2) is 0 Å². The molecular weight excluding hydrogens is 400 g/mol. The van der Waals surface area contributed by atoms with E-state index in [4.69, 9.17) is 9.47 Å². The van der Waals surface area contributed by atoms with E-state index in [1.807, 2.05) is 0 Å². The summed E-state index contributed by atoms with van der Waals surface area (Å²) in [5.41, 5.74) is 0. The largest absolute Gasteiger partial charge is 0.462 e. The maximum absolute atomic E-state index is 12.2. The molecule has 0 aromatic heterocycles. The molecule has 4 rings (SSSR count). The van der Waals surface area contributed by atoms with Crippen LogP contribution >= 0.6 is 0 Å². The van der Waals surface area contributed by atoms with Crippen molar-refractivity contribution < 1.29 is 47.7 Å². The van der Waals surface area contributed by atoms with Crippen LogP contribution < -0.4 is 0 Å². The number of hydrogen-bond acceptors (Lipinski definition) is 10. The van der Waals surface area contributed by atoms with Crippen molar-refractivity contribution in [3.63, 3.8) is 0 Å². The molecule has 0 spiro atoms. The second kappa shape index (κ2) is 8.16. The third-order valence-corrected chi connectivity index (χ3v) is 6.55. The summed E-state index contributed by atoms with van der Waals surface area (Å²) in [4.78, 5) is 70.9. The first-order chi connectivity index (χ1) is 14.3. The lowest BCUT2D eigenvalue weighted by molar-refractivity contribution is -0.160. The van der Waals surface area contributed by atoms with Crippen LogP contribution in [0, 0.1) is 35.5 Å². The summed E-state index contributed by atoms with van der Waals surface area (Å²) in [6, 6.07) is 0. The molecule has 2 saturated carbocycles. The van der Waals surface area contributed by atoms with Gasteiger partial charge >= 0.3 is 35.8 Å². The summed E-state index contributed by atoms with van der Waals surface area (Å²) >= 11 is 0. The third kappa shape index (κ3) is 3.82. The number of esters is 6. The van der Waals surface area contributed by atoms with Gasteiger partial charge in [0.2, 0.25) is 0 Å². The van der Waals surface area contributed by atoms with Gasteiger partial charge in [0.05, 0.1) is 35.5 Å². The van der Waals surface area contributed by atoms with E-state index in [1.165, 1.54) is 0 Å². The molecule has 0 aromatic rings. The summed E-state index contributed by atoms with van der Waals surface area (Å²) in [5.74, 6) is -6.32.